The van der Waals surface area contributed by atoms with Crippen LogP contribution in [0.1, 0.15) is 29.0 Å². The fourth-order valence-electron chi connectivity index (χ4n) is 2.76. The van der Waals surface area contributed by atoms with Gasteiger partial charge in [-0.1, -0.05) is 18.2 Å². The molecule has 2 N–H and O–H groups in total. The monoisotopic (exact) mass is 298 g/mol. The molecule has 1 aliphatic rings. The van der Waals surface area contributed by atoms with Crippen molar-refractivity contribution in [3.8, 4) is 11.5 Å². The van der Waals surface area contributed by atoms with Gasteiger partial charge in [0.25, 0.3) is 5.91 Å². The molecule has 0 radical (unpaired) electrons. The average Bonchev–Trinajstić information content (AvgIpc) is 2.54. The molecule has 1 heterocycles. The summed E-state index contributed by atoms with van der Waals surface area (Å²) in [7, 11) is 1.51. The quantitative estimate of drug-likeness (QED) is 0.914. The summed E-state index contributed by atoms with van der Waals surface area (Å²) in [5.41, 5.74) is 2.28. The van der Waals surface area contributed by atoms with Gasteiger partial charge in [-0.15, -0.1) is 0 Å². The van der Waals surface area contributed by atoms with Gasteiger partial charge in [-0.25, -0.2) is 0 Å². The number of amides is 1. The Morgan fingerprint density at radius 1 is 1.27 bits per heavy atom. The van der Waals surface area contributed by atoms with E-state index >= 15 is 0 Å². The van der Waals surface area contributed by atoms with Crippen molar-refractivity contribution in [1.82, 2.24) is 4.90 Å². The van der Waals surface area contributed by atoms with Gasteiger partial charge in [0.15, 0.2) is 11.5 Å². The Morgan fingerprint density at radius 2 is 2.05 bits per heavy atom. The van der Waals surface area contributed by atoms with Crippen LogP contribution >= 0.6 is 0 Å². The predicted molar refractivity (Wildman–Crippen MR) is 84.2 cm³/mol. The van der Waals surface area contributed by atoms with E-state index < -0.39 is 0 Å². The molecule has 2 aromatic carbocycles. The van der Waals surface area contributed by atoms with Crippen LogP contribution in [0.4, 0.5) is 5.69 Å². The van der Waals surface area contributed by atoms with Crippen molar-refractivity contribution in [3.05, 3.63) is 53.6 Å². The Morgan fingerprint density at radius 3 is 2.73 bits per heavy atom. The van der Waals surface area contributed by atoms with Crippen LogP contribution in [0.3, 0.4) is 0 Å². The van der Waals surface area contributed by atoms with Gasteiger partial charge in [-0.05, 0) is 36.8 Å². The molecule has 3 rings (SSSR count). The third-order valence-electron chi connectivity index (χ3n) is 3.88. The molecule has 1 amide bonds. The number of hydrogen-bond acceptors (Lipinski definition) is 4. The molecule has 0 saturated heterocycles. The summed E-state index contributed by atoms with van der Waals surface area (Å²) in [6, 6.07) is 12.6. The molecule has 5 nitrogen and oxygen atoms in total. The molecule has 0 bridgehead atoms. The lowest BCUT2D eigenvalue weighted by molar-refractivity contribution is 0.0694. The summed E-state index contributed by atoms with van der Waals surface area (Å²) in [5.74, 6) is 0.454. The number of para-hydroxylation sites is 1. The lowest BCUT2D eigenvalue weighted by atomic mass is 10.0. The maximum atomic E-state index is 12.6. The highest BCUT2D eigenvalue weighted by atomic mass is 16.5. The third kappa shape index (κ3) is 2.24. The normalized spacial score (nSPS) is 16.9. The first-order valence-corrected chi connectivity index (χ1v) is 7.19. The molecular formula is C17H18N2O3. The van der Waals surface area contributed by atoms with Gasteiger partial charge in [0.05, 0.1) is 12.7 Å². The average molecular weight is 298 g/mol. The van der Waals surface area contributed by atoms with Gasteiger partial charge in [0.1, 0.15) is 6.17 Å². The standard InChI is InChI=1S/C17H18N2O3/c1-3-19-16(11-8-9-15(22-2)14(20)10-11)18-13-7-5-4-6-12(13)17(19)21/h4-10,16,18,20H,3H2,1-2H3/t16-/m0/s1. The number of nitrogens with zero attached hydrogens (tertiary/aromatic N) is 1. The van der Waals surface area contributed by atoms with Crippen molar-refractivity contribution in [2.45, 2.75) is 13.1 Å². The molecule has 0 saturated carbocycles. The molecule has 2 aromatic rings. The SMILES string of the molecule is CCN1C(=O)c2ccccc2N[C@@H]1c1ccc(OC)c(O)c1. The first-order valence-electron chi connectivity index (χ1n) is 7.19. The van der Waals surface area contributed by atoms with E-state index in [1.807, 2.05) is 37.3 Å². The Balaban J connectivity index is 2.03. The van der Waals surface area contributed by atoms with Gasteiger partial charge in [0.2, 0.25) is 0 Å². The summed E-state index contributed by atoms with van der Waals surface area (Å²) < 4.78 is 5.07. The van der Waals surface area contributed by atoms with Crippen molar-refractivity contribution in [3.63, 3.8) is 0 Å². The second-order valence-electron chi connectivity index (χ2n) is 5.11. The molecule has 0 fully saturated rings. The second kappa shape index (κ2) is 5.60. The number of phenolic OH excluding ortho intramolecular Hbond substituents is 1. The van der Waals surface area contributed by atoms with Gasteiger partial charge in [0, 0.05) is 12.2 Å². The number of hydrogen-bond donors (Lipinski definition) is 2. The van der Waals surface area contributed by atoms with E-state index in [1.54, 1.807) is 17.0 Å². The van der Waals surface area contributed by atoms with Gasteiger partial charge >= 0.3 is 0 Å². The lowest BCUT2D eigenvalue weighted by Crippen LogP contribution is -2.42. The molecule has 0 unspecified atom stereocenters. The Hall–Kier alpha value is -2.69. The molecule has 22 heavy (non-hydrogen) atoms. The summed E-state index contributed by atoms with van der Waals surface area (Å²) in [6.45, 7) is 2.50. The summed E-state index contributed by atoms with van der Waals surface area (Å²) >= 11 is 0. The Labute approximate surface area is 129 Å². The van der Waals surface area contributed by atoms with Crippen LogP contribution in [0.2, 0.25) is 0 Å². The Bertz CT molecular complexity index is 715. The number of carbonyl (C=O) groups excluding carboxylic acids is 1. The zero-order valence-electron chi connectivity index (χ0n) is 12.5. The van der Waals surface area contributed by atoms with Crippen molar-refractivity contribution in [2.24, 2.45) is 0 Å². The number of ether oxygens (including phenoxy) is 1. The highest BCUT2D eigenvalue weighted by Gasteiger charge is 2.31. The summed E-state index contributed by atoms with van der Waals surface area (Å²) in [4.78, 5) is 14.4. The number of nitrogens with one attached hydrogen (secondary N) is 1. The van der Waals surface area contributed by atoms with Crippen molar-refractivity contribution < 1.29 is 14.6 Å². The van der Waals surface area contributed by atoms with Crippen molar-refractivity contribution >= 4 is 11.6 Å². The minimum Gasteiger partial charge on any atom is -0.504 e. The molecule has 0 aliphatic carbocycles. The fourth-order valence-corrected chi connectivity index (χ4v) is 2.76. The van der Waals surface area contributed by atoms with E-state index in [-0.39, 0.29) is 17.8 Å². The number of phenols is 1. The lowest BCUT2D eigenvalue weighted by Gasteiger charge is -2.37. The maximum Gasteiger partial charge on any atom is 0.257 e. The third-order valence-corrected chi connectivity index (χ3v) is 3.88. The van der Waals surface area contributed by atoms with Crippen molar-refractivity contribution in [1.29, 1.82) is 0 Å². The molecule has 1 aliphatic heterocycles. The number of benzene rings is 2. The van der Waals surface area contributed by atoms with Crippen LogP contribution < -0.4 is 10.1 Å². The largest absolute Gasteiger partial charge is 0.504 e. The van der Waals surface area contributed by atoms with Crippen molar-refractivity contribution in [2.75, 3.05) is 19.0 Å². The van der Waals surface area contributed by atoms with Crippen LogP contribution in [0, 0.1) is 0 Å². The number of rotatable bonds is 3. The number of carbonyl (C=O) groups is 1. The molecular weight excluding hydrogens is 280 g/mol. The van der Waals surface area contributed by atoms with Crippen LogP contribution in [0.15, 0.2) is 42.5 Å². The van der Waals surface area contributed by atoms with Gasteiger partial charge in [-0.2, -0.15) is 0 Å². The molecule has 0 aromatic heterocycles. The van der Waals surface area contributed by atoms with E-state index in [0.29, 0.717) is 17.9 Å². The first kappa shape index (κ1) is 14.3. The highest BCUT2D eigenvalue weighted by Crippen LogP contribution is 2.36. The fraction of sp³-hybridized carbons (Fsp3) is 0.235. The van der Waals surface area contributed by atoms with E-state index in [2.05, 4.69) is 5.32 Å². The number of anilines is 1. The van der Waals surface area contributed by atoms with Crippen LogP contribution in [0.5, 0.6) is 11.5 Å². The van der Waals surface area contributed by atoms with E-state index in [4.69, 9.17) is 4.74 Å². The van der Waals surface area contributed by atoms with E-state index in [1.165, 1.54) is 7.11 Å². The zero-order chi connectivity index (χ0) is 15.7. The summed E-state index contributed by atoms with van der Waals surface area (Å²) in [5, 5.41) is 13.3. The molecule has 5 heteroatoms. The van der Waals surface area contributed by atoms with E-state index in [9.17, 15) is 9.90 Å². The van der Waals surface area contributed by atoms with Crippen LogP contribution in [-0.4, -0.2) is 29.6 Å². The highest BCUT2D eigenvalue weighted by molar-refractivity contribution is 6.01. The van der Waals surface area contributed by atoms with Gasteiger partial charge in [-0.3, -0.25) is 4.79 Å². The topological polar surface area (TPSA) is 61.8 Å². The van der Waals surface area contributed by atoms with Gasteiger partial charge < -0.3 is 20.1 Å². The zero-order valence-corrected chi connectivity index (χ0v) is 12.5. The predicted octanol–water partition coefficient (Wildman–Crippen LogP) is 2.99. The first-order chi connectivity index (χ1) is 10.7. The maximum absolute atomic E-state index is 12.6. The second-order valence-corrected chi connectivity index (χ2v) is 5.11. The number of fused-ring (bicyclic) bond motifs is 1. The van der Waals surface area contributed by atoms with Crippen LogP contribution in [-0.2, 0) is 0 Å². The molecule has 1 atom stereocenters. The number of aromatic hydroxyl groups is 1. The molecule has 0 spiro atoms. The number of methoxy groups -OCH3 is 1. The molecule has 114 valence electrons. The minimum absolute atomic E-state index is 0.0165. The minimum atomic E-state index is -0.316. The van der Waals surface area contributed by atoms with E-state index in [0.717, 1.165) is 11.3 Å². The smallest absolute Gasteiger partial charge is 0.257 e. The van der Waals surface area contributed by atoms with Crippen LogP contribution in [0.25, 0.3) is 0 Å². The Kier molecular flexibility index (Phi) is 3.63. The summed E-state index contributed by atoms with van der Waals surface area (Å²) in [6.07, 6.45) is -0.316.